The summed E-state index contributed by atoms with van der Waals surface area (Å²) in [6, 6.07) is 2.21. The lowest BCUT2D eigenvalue weighted by Crippen LogP contribution is -2.26. The first-order valence-electron chi connectivity index (χ1n) is 9.19. The van der Waals surface area contributed by atoms with E-state index in [1.165, 1.54) is 6.08 Å². The van der Waals surface area contributed by atoms with E-state index in [4.69, 9.17) is 6.42 Å². The molecule has 1 atom stereocenters. The summed E-state index contributed by atoms with van der Waals surface area (Å²) in [4.78, 5) is 4.68. The number of aromatic nitrogens is 1. The van der Waals surface area contributed by atoms with Crippen LogP contribution in [-0.4, -0.2) is 18.1 Å². The van der Waals surface area contributed by atoms with Gasteiger partial charge in [-0.15, -0.1) is 6.42 Å². The van der Waals surface area contributed by atoms with E-state index in [2.05, 4.69) is 54.2 Å². The van der Waals surface area contributed by atoms with Gasteiger partial charge in [0, 0.05) is 18.8 Å². The van der Waals surface area contributed by atoms with Crippen molar-refractivity contribution in [2.75, 3.05) is 17.7 Å². The molecule has 5 heteroatoms. The maximum atomic E-state index is 14.1. The van der Waals surface area contributed by atoms with Crippen molar-refractivity contribution in [3.63, 3.8) is 0 Å². The van der Waals surface area contributed by atoms with Crippen LogP contribution in [0.2, 0.25) is 0 Å². The first kappa shape index (κ1) is 22.3. The summed E-state index contributed by atoms with van der Waals surface area (Å²) in [6.45, 7) is 13.9. The van der Waals surface area contributed by atoms with Gasteiger partial charge in [-0.05, 0) is 43.9 Å². The van der Waals surface area contributed by atoms with Crippen LogP contribution in [0.25, 0.3) is 0 Å². The Morgan fingerprint density at radius 2 is 2.07 bits per heavy atom. The van der Waals surface area contributed by atoms with Crippen LogP contribution in [0.1, 0.15) is 45.2 Å². The maximum absolute atomic E-state index is 14.1. The van der Waals surface area contributed by atoms with Crippen LogP contribution >= 0.6 is 0 Å². The molecule has 0 radical (unpaired) electrons. The van der Waals surface area contributed by atoms with E-state index in [1.807, 2.05) is 19.9 Å². The molecular weight excluding hydrogens is 339 g/mol. The minimum Gasteiger partial charge on any atom is -0.386 e. The summed E-state index contributed by atoms with van der Waals surface area (Å²) in [5.74, 6) is 3.94. The van der Waals surface area contributed by atoms with Gasteiger partial charge in [0.1, 0.15) is 17.5 Å². The molecular formula is C22H31FN4. The highest BCUT2D eigenvalue weighted by molar-refractivity contribution is 5.64. The van der Waals surface area contributed by atoms with Crippen LogP contribution in [0.3, 0.4) is 0 Å². The number of nitrogens with zero attached hydrogens (tertiary/aromatic N) is 1. The van der Waals surface area contributed by atoms with Crippen LogP contribution < -0.4 is 16.0 Å². The molecule has 1 heterocycles. The third kappa shape index (κ3) is 6.18. The maximum Gasteiger partial charge on any atom is 0.148 e. The number of aryl methyl sites for hydroxylation is 1. The highest BCUT2D eigenvalue weighted by Gasteiger charge is 2.15. The zero-order valence-corrected chi connectivity index (χ0v) is 17.2. The smallest absolute Gasteiger partial charge is 0.148 e. The van der Waals surface area contributed by atoms with E-state index in [0.29, 0.717) is 29.0 Å². The summed E-state index contributed by atoms with van der Waals surface area (Å²) >= 11 is 0. The number of hydrogen-bond acceptors (Lipinski definition) is 4. The fraction of sp³-hybridized carbons (Fsp3) is 0.409. The number of nitrogens with one attached hydrogen (secondary N) is 3. The second-order valence-electron chi connectivity index (χ2n) is 6.69. The molecule has 0 saturated carbocycles. The molecule has 0 aliphatic heterocycles. The number of halogens is 1. The molecule has 1 aromatic heterocycles. The van der Waals surface area contributed by atoms with E-state index < -0.39 is 5.83 Å². The lowest BCUT2D eigenvalue weighted by atomic mass is 10.0. The van der Waals surface area contributed by atoms with Gasteiger partial charge in [-0.2, -0.15) is 0 Å². The first-order chi connectivity index (χ1) is 12.8. The van der Waals surface area contributed by atoms with Gasteiger partial charge in [0.05, 0.1) is 11.3 Å². The zero-order valence-electron chi connectivity index (χ0n) is 17.2. The Morgan fingerprint density at radius 1 is 1.41 bits per heavy atom. The number of terminal acetylenes is 1. The molecule has 0 aromatic carbocycles. The van der Waals surface area contributed by atoms with E-state index in [-0.39, 0.29) is 5.70 Å². The number of anilines is 2. The Bertz CT molecular complexity index is 769. The Morgan fingerprint density at radius 3 is 2.56 bits per heavy atom. The average molecular weight is 371 g/mol. The van der Waals surface area contributed by atoms with Gasteiger partial charge >= 0.3 is 0 Å². The minimum absolute atomic E-state index is 0.204. The van der Waals surface area contributed by atoms with E-state index in [0.717, 1.165) is 17.8 Å². The molecule has 3 N–H and O–H groups in total. The van der Waals surface area contributed by atoms with Gasteiger partial charge in [0.15, 0.2) is 0 Å². The lowest BCUT2D eigenvalue weighted by molar-refractivity contribution is 0.509. The van der Waals surface area contributed by atoms with Gasteiger partial charge < -0.3 is 16.0 Å². The topological polar surface area (TPSA) is 49.0 Å². The third-order valence-corrected chi connectivity index (χ3v) is 4.38. The molecule has 0 bridgehead atoms. The van der Waals surface area contributed by atoms with Crippen LogP contribution in [-0.2, 0) is 0 Å². The molecule has 27 heavy (non-hydrogen) atoms. The molecule has 4 nitrogen and oxygen atoms in total. The number of rotatable bonds is 9. The van der Waals surface area contributed by atoms with Crippen molar-refractivity contribution in [1.29, 1.82) is 0 Å². The Kier molecular flexibility index (Phi) is 8.61. The van der Waals surface area contributed by atoms with E-state index >= 15 is 0 Å². The largest absolute Gasteiger partial charge is 0.386 e. The average Bonchev–Trinajstić information content (AvgIpc) is 2.65. The predicted molar refractivity (Wildman–Crippen MR) is 114 cm³/mol. The Hall–Kier alpha value is -2.74. The monoisotopic (exact) mass is 370 g/mol. The molecule has 0 aliphatic rings. The summed E-state index contributed by atoms with van der Waals surface area (Å²) in [5.41, 5.74) is 2.34. The normalized spacial score (nSPS) is 13.1. The molecule has 0 saturated heterocycles. The van der Waals surface area contributed by atoms with Crippen molar-refractivity contribution < 1.29 is 4.39 Å². The minimum atomic E-state index is -0.461. The molecule has 0 amide bonds. The third-order valence-electron chi connectivity index (χ3n) is 4.38. The summed E-state index contributed by atoms with van der Waals surface area (Å²) in [5, 5.41) is 9.31. The SMILES string of the molecule is C#Cc1cc(C)c(NC(CC)C(C)C)nc1NC(=C/C)/C=C(/F)C(=C)NC. The quantitative estimate of drug-likeness (QED) is 0.417. The van der Waals surface area contributed by atoms with Crippen molar-refractivity contribution in [3.05, 3.63) is 53.1 Å². The predicted octanol–water partition coefficient (Wildman–Crippen LogP) is 5.12. The van der Waals surface area contributed by atoms with E-state index in [1.54, 1.807) is 13.1 Å². The number of hydrogen-bond donors (Lipinski definition) is 3. The van der Waals surface area contributed by atoms with Crippen LogP contribution in [0, 0.1) is 25.2 Å². The number of likely N-dealkylation sites (N-methyl/N-ethyl adjacent to an activating group) is 1. The Balaban J connectivity index is 3.24. The van der Waals surface area contributed by atoms with Crippen LogP contribution in [0.15, 0.2) is 42.0 Å². The van der Waals surface area contributed by atoms with Crippen molar-refractivity contribution >= 4 is 11.6 Å². The fourth-order valence-electron chi connectivity index (χ4n) is 2.55. The molecule has 0 spiro atoms. The van der Waals surface area contributed by atoms with Crippen molar-refractivity contribution in [2.24, 2.45) is 5.92 Å². The number of allylic oxidation sites excluding steroid dienone is 3. The van der Waals surface area contributed by atoms with E-state index in [9.17, 15) is 4.39 Å². The van der Waals surface area contributed by atoms with Gasteiger partial charge in [-0.1, -0.05) is 39.3 Å². The fourth-order valence-corrected chi connectivity index (χ4v) is 2.55. The number of pyridine rings is 1. The second kappa shape index (κ2) is 10.4. The standard InChI is InChI=1S/C22H31FN4/c1-9-17-12-15(6)21(26-20(11-3)14(4)5)27-22(17)25-18(10-2)13-19(23)16(7)24-8/h1,10,12-14,20,24H,7,11H2,2-6,8H3,(H2,25,26,27)/b18-10+,19-13+. The summed E-state index contributed by atoms with van der Waals surface area (Å²) in [7, 11) is 1.62. The molecule has 1 aromatic rings. The Labute approximate surface area is 163 Å². The molecule has 1 unspecified atom stereocenters. The van der Waals surface area contributed by atoms with Gasteiger partial charge in [0.25, 0.3) is 0 Å². The molecule has 1 rings (SSSR count). The van der Waals surface area contributed by atoms with Gasteiger partial charge in [0.2, 0.25) is 0 Å². The van der Waals surface area contributed by atoms with Gasteiger partial charge in [-0.25, -0.2) is 9.37 Å². The molecule has 0 aliphatic carbocycles. The molecule has 0 fully saturated rings. The highest BCUT2D eigenvalue weighted by Crippen LogP contribution is 2.24. The highest BCUT2D eigenvalue weighted by atomic mass is 19.1. The van der Waals surface area contributed by atoms with Crippen LogP contribution in [0.4, 0.5) is 16.0 Å². The molecule has 146 valence electrons. The summed E-state index contributed by atoms with van der Waals surface area (Å²) < 4.78 is 14.1. The van der Waals surface area contributed by atoms with Crippen molar-refractivity contribution in [3.8, 4) is 12.3 Å². The first-order valence-corrected chi connectivity index (χ1v) is 9.19. The van der Waals surface area contributed by atoms with Crippen molar-refractivity contribution in [1.82, 2.24) is 10.3 Å². The summed E-state index contributed by atoms with van der Waals surface area (Å²) in [6.07, 6.45) is 9.74. The lowest BCUT2D eigenvalue weighted by Gasteiger charge is -2.23. The van der Waals surface area contributed by atoms with Crippen LogP contribution in [0.5, 0.6) is 0 Å². The van der Waals surface area contributed by atoms with Gasteiger partial charge in [-0.3, -0.25) is 0 Å². The second-order valence-corrected chi connectivity index (χ2v) is 6.69. The van der Waals surface area contributed by atoms with Crippen molar-refractivity contribution in [2.45, 2.75) is 47.1 Å². The zero-order chi connectivity index (χ0) is 20.6.